The number of hydrogen-bond donors (Lipinski definition) is 0. The zero-order chi connectivity index (χ0) is 24.2. The predicted octanol–water partition coefficient (Wildman–Crippen LogP) is 6.36. The van der Waals surface area contributed by atoms with Crippen LogP contribution < -0.4 is 0 Å². The Morgan fingerprint density at radius 2 is 1.52 bits per heavy atom. The molecule has 0 bridgehead atoms. The van der Waals surface area contributed by atoms with Crippen molar-refractivity contribution in [2.45, 2.75) is 70.0 Å². The van der Waals surface area contributed by atoms with E-state index in [9.17, 15) is 22.8 Å². The SMILES string of the molecule is CC(C)(C)OC(=O)N1[C@H](CCCC(F)(F)F)C(=O)O[C@@H](c2ccccc2)[C@H]1c1ccccc1. The van der Waals surface area contributed by atoms with Gasteiger partial charge >= 0.3 is 18.2 Å². The van der Waals surface area contributed by atoms with E-state index in [4.69, 9.17) is 9.47 Å². The number of carbonyl (C=O) groups is 2. The van der Waals surface area contributed by atoms with Crippen molar-refractivity contribution in [3.8, 4) is 0 Å². The van der Waals surface area contributed by atoms with Crippen molar-refractivity contribution in [1.29, 1.82) is 0 Å². The van der Waals surface area contributed by atoms with Gasteiger partial charge in [-0.05, 0) is 44.7 Å². The second-order valence-corrected chi connectivity index (χ2v) is 9.03. The van der Waals surface area contributed by atoms with Gasteiger partial charge < -0.3 is 9.47 Å². The molecule has 0 radical (unpaired) electrons. The Balaban J connectivity index is 2.06. The lowest BCUT2D eigenvalue weighted by Gasteiger charge is -2.45. The van der Waals surface area contributed by atoms with Gasteiger partial charge in [0.1, 0.15) is 17.7 Å². The van der Waals surface area contributed by atoms with Gasteiger partial charge in [-0.15, -0.1) is 0 Å². The summed E-state index contributed by atoms with van der Waals surface area (Å²) in [7, 11) is 0. The molecule has 1 fully saturated rings. The van der Waals surface area contributed by atoms with E-state index in [1.165, 1.54) is 4.90 Å². The van der Waals surface area contributed by atoms with Crippen molar-refractivity contribution in [3.05, 3.63) is 71.8 Å². The number of halogens is 3. The smallest absolute Gasteiger partial charge is 0.411 e. The van der Waals surface area contributed by atoms with Gasteiger partial charge in [-0.3, -0.25) is 4.90 Å². The van der Waals surface area contributed by atoms with Crippen LogP contribution in [0.4, 0.5) is 18.0 Å². The van der Waals surface area contributed by atoms with Crippen LogP contribution in [0.25, 0.3) is 0 Å². The summed E-state index contributed by atoms with van der Waals surface area (Å²) in [5, 5.41) is 0. The summed E-state index contributed by atoms with van der Waals surface area (Å²) < 4.78 is 49.7. The molecule has 0 unspecified atom stereocenters. The monoisotopic (exact) mass is 463 g/mol. The van der Waals surface area contributed by atoms with E-state index in [0.717, 1.165) is 0 Å². The molecule has 0 N–H and O–H groups in total. The van der Waals surface area contributed by atoms with Crippen LogP contribution in [0.15, 0.2) is 60.7 Å². The first-order valence-corrected chi connectivity index (χ1v) is 10.8. The third-order valence-electron chi connectivity index (χ3n) is 5.25. The van der Waals surface area contributed by atoms with Gasteiger partial charge in [0.05, 0.1) is 0 Å². The molecule has 8 heteroatoms. The second kappa shape index (κ2) is 9.85. The first kappa shape index (κ1) is 24.6. The number of nitrogens with zero attached hydrogens (tertiary/aromatic N) is 1. The average Bonchev–Trinajstić information content (AvgIpc) is 2.73. The Morgan fingerprint density at radius 1 is 0.970 bits per heavy atom. The summed E-state index contributed by atoms with van der Waals surface area (Å²) in [4.78, 5) is 27.7. The van der Waals surface area contributed by atoms with Crippen molar-refractivity contribution < 1.29 is 32.2 Å². The molecule has 1 aliphatic heterocycles. The molecule has 3 rings (SSSR count). The molecule has 33 heavy (non-hydrogen) atoms. The van der Waals surface area contributed by atoms with E-state index >= 15 is 0 Å². The third-order valence-corrected chi connectivity index (χ3v) is 5.25. The molecular weight excluding hydrogens is 435 g/mol. The molecule has 0 aliphatic carbocycles. The standard InChI is InChI=1S/C25H28F3NO4/c1-24(2,3)33-23(31)29-19(15-10-16-25(26,27)28)22(30)32-21(18-13-8-5-9-14-18)20(29)17-11-6-4-7-12-17/h4-9,11-14,19-21H,10,15-16H2,1-3H3/t19-,20-,21+/m1/s1. The molecule has 5 nitrogen and oxygen atoms in total. The molecule has 1 saturated heterocycles. The number of amides is 1. The Morgan fingerprint density at radius 3 is 2.03 bits per heavy atom. The molecule has 1 aliphatic rings. The molecule has 0 aromatic heterocycles. The number of carbonyl (C=O) groups excluding carboxylic acids is 2. The lowest BCUT2D eigenvalue weighted by molar-refractivity contribution is -0.176. The van der Waals surface area contributed by atoms with Gasteiger partial charge in [0.15, 0.2) is 6.10 Å². The number of rotatable bonds is 5. The van der Waals surface area contributed by atoms with E-state index in [1.807, 2.05) is 12.1 Å². The van der Waals surface area contributed by atoms with E-state index in [1.54, 1.807) is 69.3 Å². The quantitative estimate of drug-likeness (QED) is 0.484. The first-order chi connectivity index (χ1) is 15.5. The van der Waals surface area contributed by atoms with Crippen molar-refractivity contribution in [2.24, 2.45) is 0 Å². The highest BCUT2D eigenvalue weighted by molar-refractivity contribution is 5.83. The minimum absolute atomic E-state index is 0.192. The minimum Gasteiger partial charge on any atom is -0.453 e. The van der Waals surface area contributed by atoms with Crippen LogP contribution in [0.2, 0.25) is 0 Å². The van der Waals surface area contributed by atoms with Crippen molar-refractivity contribution in [2.75, 3.05) is 0 Å². The maximum atomic E-state index is 13.4. The number of ether oxygens (including phenoxy) is 2. The minimum atomic E-state index is -4.36. The van der Waals surface area contributed by atoms with Crippen LogP contribution in [-0.4, -0.2) is 34.8 Å². The molecule has 178 valence electrons. The van der Waals surface area contributed by atoms with Crippen molar-refractivity contribution in [1.82, 2.24) is 4.90 Å². The topological polar surface area (TPSA) is 55.8 Å². The van der Waals surface area contributed by atoms with Crippen molar-refractivity contribution >= 4 is 12.1 Å². The molecule has 1 amide bonds. The fourth-order valence-corrected chi connectivity index (χ4v) is 3.91. The second-order valence-electron chi connectivity index (χ2n) is 9.03. The summed E-state index contributed by atoms with van der Waals surface area (Å²) in [6, 6.07) is 16.0. The maximum absolute atomic E-state index is 13.4. The lowest BCUT2D eigenvalue weighted by atomic mass is 9.90. The molecule has 0 saturated carbocycles. The lowest BCUT2D eigenvalue weighted by Crippen LogP contribution is -2.55. The van der Waals surface area contributed by atoms with Crippen LogP contribution in [0, 0.1) is 0 Å². The first-order valence-electron chi connectivity index (χ1n) is 10.8. The van der Waals surface area contributed by atoms with E-state index in [2.05, 4.69) is 0 Å². The number of morpholine rings is 1. The zero-order valence-electron chi connectivity index (χ0n) is 18.8. The molecule has 2 aromatic rings. The summed E-state index contributed by atoms with van der Waals surface area (Å²) in [5.74, 6) is -0.746. The van der Waals surface area contributed by atoms with Crippen LogP contribution in [-0.2, 0) is 14.3 Å². The summed E-state index contributed by atoms with van der Waals surface area (Å²) in [5.41, 5.74) is 0.492. The van der Waals surface area contributed by atoms with E-state index < -0.39 is 48.4 Å². The summed E-state index contributed by atoms with van der Waals surface area (Å²) in [6.45, 7) is 5.08. The van der Waals surface area contributed by atoms with Gasteiger partial charge in [0.25, 0.3) is 0 Å². The Labute approximate surface area is 191 Å². The molecule has 0 spiro atoms. The molecule has 3 atom stereocenters. The maximum Gasteiger partial charge on any atom is 0.411 e. The van der Waals surface area contributed by atoms with Crippen LogP contribution in [0.5, 0.6) is 0 Å². The normalized spacial score (nSPS) is 21.5. The van der Waals surface area contributed by atoms with Gasteiger partial charge in [-0.2, -0.15) is 13.2 Å². The third kappa shape index (κ3) is 6.49. The largest absolute Gasteiger partial charge is 0.453 e. The fraction of sp³-hybridized carbons (Fsp3) is 0.440. The number of benzene rings is 2. The number of esters is 1. The van der Waals surface area contributed by atoms with E-state index in [0.29, 0.717) is 11.1 Å². The molecular formula is C25H28F3NO4. The number of cyclic esters (lactones) is 1. The van der Waals surface area contributed by atoms with Gasteiger partial charge in [0.2, 0.25) is 0 Å². The van der Waals surface area contributed by atoms with Gasteiger partial charge in [-0.1, -0.05) is 60.7 Å². The van der Waals surface area contributed by atoms with Gasteiger partial charge in [-0.25, -0.2) is 9.59 Å². The zero-order valence-corrected chi connectivity index (χ0v) is 18.8. The molecule has 2 aromatic carbocycles. The van der Waals surface area contributed by atoms with Crippen LogP contribution in [0.3, 0.4) is 0 Å². The number of hydrogen-bond acceptors (Lipinski definition) is 4. The average molecular weight is 463 g/mol. The van der Waals surface area contributed by atoms with Crippen LogP contribution >= 0.6 is 0 Å². The van der Waals surface area contributed by atoms with Gasteiger partial charge in [0, 0.05) is 6.42 Å². The number of alkyl halides is 3. The Bertz CT molecular complexity index is 942. The fourth-order valence-electron chi connectivity index (χ4n) is 3.91. The van der Waals surface area contributed by atoms with Crippen molar-refractivity contribution in [3.63, 3.8) is 0 Å². The van der Waals surface area contributed by atoms with E-state index in [-0.39, 0.29) is 12.8 Å². The Hall–Kier alpha value is -3.03. The highest BCUT2D eigenvalue weighted by Crippen LogP contribution is 2.44. The predicted molar refractivity (Wildman–Crippen MR) is 116 cm³/mol. The van der Waals surface area contributed by atoms with Crippen LogP contribution in [0.1, 0.15) is 63.3 Å². The summed E-state index contributed by atoms with van der Waals surface area (Å²) in [6.07, 6.45) is -7.54. The summed E-state index contributed by atoms with van der Waals surface area (Å²) >= 11 is 0. The highest BCUT2D eigenvalue weighted by Gasteiger charge is 2.49. The molecule has 1 heterocycles. The Kier molecular flexibility index (Phi) is 7.34. The highest BCUT2D eigenvalue weighted by atomic mass is 19.4.